The van der Waals surface area contributed by atoms with Crippen LogP contribution in [0.3, 0.4) is 0 Å². The fourth-order valence-electron chi connectivity index (χ4n) is 1.42. The van der Waals surface area contributed by atoms with Crippen molar-refractivity contribution in [2.45, 2.75) is 25.8 Å². The number of hydrogen-bond donors (Lipinski definition) is 4. The van der Waals surface area contributed by atoms with E-state index in [1.807, 2.05) is 0 Å². The van der Waals surface area contributed by atoms with Crippen molar-refractivity contribution in [2.24, 2.45) is 5.92 Å². The summed E-state index contributed by atoms with van der Waals surface area (Å²) >= 11 is 0. The zero-order valence-electron chi connectivity index (χ0n) is 9.66. The van der Waals surface area contributed by atoms with Gasteiger partial charge in [0.25, 0.3) is 0 Å². The number of carbonyl (C=O) groups excluding carboxylic acids is 2. The first-order valence-corrected chi connectivity index (χ1v) is 5.58. The third-order valence-corrected chi connectivity index (χ3v) is 2.43. The van der Waals surface area contributed by atoms with E-state index in [2.05, 4.69) is 16.0 Å². The monoisotopic (exact) mass is 243 g/mol. The van der Waals surface area contributed by atoms with Crippen molar-refractivity contribution in [2.75, 3.05) is 13.1 Å². The van der Waals surface area contributed by atoms with Crippen LogP contribution in [-0.4, -0.2) is 42.1 Å². The Morgan fingerprint density at radius 3 is 2.41 bits per heavy atom. The van der Waals surface area contributed by atoms with E-state index in [-0.39, 0.29) is 18.4 Å². The number of nitrogens with one attached hydrogen (secondary N) is 3. The number of rotatable bonds is 6. The van der Waals surface area contributed by atoms with Crippen molar-refractivity contribution in [3.63, 3.8) is 0 Å². The zero-order valence-corrected chi connectivity index (χ0v) is 9.66. The lowest BCUT2D eigenvalue weighted by Gasteiger charge is -2.14. The van der Waals surface area contributed by atoms with Gasteiger partial charge in [-0.05, 0) is 25.7 Å². The van der Waals surface area contributed by atoms with E-state index in [0.29, 0.717) is 6.54 Å². The Hall–Kier alpha value is -1.79. The maximum Gasteiger partial charge on any atom is 0.326 e. The third-order valence-electron chi connectivity index (χ3n) is 2.43. The summed E-state index contributed by atoms with van der Waals surface area (Å²) in [5.74, 6) is -1.33. The molecular formula is C10H17N3O4. The van der Waals surface area contributed by atoms with Gasteiger partial charge in [0.2, 0.25) is 5.91 Å². The highest BCUT2D eigenvalue weighted by Gasteiger charge is 2.37. The minimum atomic E-state index is -1.04. The van der Waals surface area contributed by atoms with E-state index in [0.717, 1.165) is 12.8 Å². The van der Waals surface area contributed by atoms with E-state index < -0.39 is 18.0 Å². The van der Waals surface area contributed by atoms with E-state index in [9.17, 15) is 14.4 Å². The molecule has 0 aromatic heterocycles. The normalized spacial score (nSPS) is 15.8. The van der Waals surface area contributed by atoms with Gasteiger partial charge in [-0.2, -0.15) is 0 Å². The molecule has 3 amide bonds. The summed E-state index contributed by atoms with van der Waals surface area (Å²) in [7, 11) is 0. The van der Waals surface area contributed by atoms with Crippen molar-refractivity contribution in [1.29, 1.82) is 0 Å². The van der Waals surface area contributed by atoms with Crippen LogP contribution in [0.15, 0.2) is 0 Å². The fraction of sp³-hybridized carbons (Fsp3) is 0.700. The molecule has 1 aliphatic rings. The highest BCUT2D eigenvalue weighted by atomic mass is 16.4. The minimum absolute atomic E-state index is 0.0164. The lowest BCUT2D eigenvalue weighted by atomic mass is 10.2. The number of hydrogen-bond acceptors (Lipinski definition) is 3. The molecule has 0 aliphatic heterocycles. The van der Waals surface area contributed by atoms with Crippen LogP contribution in [0.4, 0.5) is 4.79 Å². The summed E-state index contributed by atoms with van der Waals surface area (Å²) in [4.78, 5) is 33.2. The standard InChI is InChI=1S/C10H17N3O4/c1-2-11-7(14)5-12-10(17)13-8(9(15)16)6-3-4-6/h6,8H,2-5H2,1H3,(H,11,14)(H,15,16)(H2,12,13,17). The van der Waals surface area contributed by atoms with E-state index >= 15 is 0 Å². The van der Waals surface area contributed by atoms with Crippen LogP contribution in [0.1, 0.15) is 19.8 Å². The number of carboxylic acid groups (broad SMARTS) is 1. The molecule has 1 saturated carbocycles. The Labute approximate surface area is 98.9 Å². The van der Waals surface area contributed by atoms with Crippen LogP contribution in [0.2, 0.25) is 0 Å². The first-order valence-electron chi connectivity index (χ1n) is 5.58. The molecule has 1 unspecified atom stereocenters. The van der Waals surface area contributed by atoms with Crippen molar-refractivity contribution in [3.8, 4) is 0 Å². The Balaban J connectivity index is 2.27. The molecule has 0 aromatic carbocycles. The van der Waals surface area contributed by atoms with E-state index in [1.54, 1.807) is 6.92 Å². The molecule has 7 nitrogen and oxygen atoms in total. The Kier molecular flexibility index (Phi) is 4.74. The number of carboxylic acids is 1. The predicted molar refractivity (Wildman–Crippen MR) is 59.4 cm³/mol. The lowest BCUT2D eigenvalue weighted by molar-refractivity contribution is -0.139. The van der Waals surface area contributed by atoms with Gasteiger partial charge in [0.15, 0.2) is 0 Å². The Morgan fingerprint density at radius 2 is 1.94 bits per heavy atom. The first-order chi connectivity index (χ1) is 8.04. The molecule has 1 aliphatic carbocycles. The Bertz CT molecular complexity index is 315. The molecule has 7 heteroatoms. The second kappa shape index (κ2) is 6.07. The molecule has 4 N–H and O–H groups in total. The number of likely N-dealkylation sites (N-methyl/N-ethyl adjacent to an activating group) is 1. The summed E-state index contributed by atoms with van der Waals surface area (Å²) in [6.07, 6.45) is 1.63. The highest BCUT2D eigenvalue weighted by Crippen LogP contribution is 2.32. The smallest absolute Gasteiger partial charge is 0.326 e. The number of carbonyl (C=O) groups is 3. The van der Waals surface area contributed by atoms with Crippen LogP contribution < -0.4 is 16.0 Å². The SMILES string of the molecule is CCNC(=O)CNC(=O)NC(C(=O)O)C1CC1. The van der Waals surface area contributed by atoms with Crippen molar-refractivity contribution in [1.82, 2.24) is 16.0 Å². The molecular weight excluding hydrogens is 226 g/mol. The molecule has 1 rings (SSSR count). The summed E-state index contributed by atoms with van der Waals surface area (Å²) in [6, 6.07) is -1.49. The van der Waals surface area contributed by atoms with Gasteiger partial charge >= 0.3 is 12.0 Å². The number of aliphatic carboxylic acids is 1. The van der Waals surface area contributed by atoms with Crippen LogP contribution in [0.5, 0.6) is 0 Å². The zero-order chi connectivity index (χ0) is 12.8. The van der Waals surface area contributed by atoms with E-state index in [1.165, 1.54) is 0 Å². The van der Waals surface area contributed by atoms with Gasteiger partial charge in [0.1, 0.15) is 6.04 Å². The average molecular weight is 243 g/mol. The topological polar surface area (TPSA) is 108 Å². The van der Waals surface area contributed by atoms with Crippen LogP contribution in [-0.2, 0) is 9.59 Å². The predicted octanol–water partition coefficient (Wildman–Crippen LogP) is -0.715. The quantitative estimate of drug-likeness (QED) is 0.494. The molecule has 0 aromatic rings. The second-order valence-electron chi connectivity index (χ2n) is 3.93. The minimum Gasteiger partial charge on any atom is -0.480 e. The van der Waals surface area contributed by atoms with Gasteiger partial charge in [0, 0.05) is 6.54 Å². The molecule has 1 atom stereocenters. The molecule has 1 fully saturated rings. The van der Waals surface area contributed by atoms with Gasteiger partial charge in [-0.3, -0.25) is 4.79 Å². The summed E-state index contributed by atoms with van der Waals surface area (Å²) in [5, 5.41) is 16.0. The number of urea groups is 1. The lowest BCUT2D eigenvalue weighted by Crippen LogP contribution is -2.49. The summed E-state index contributed by atoms with van der Waals surface area (Å²) in [6.45, 7) is 2.10. The molecule has 96 valence electrons. The fourth-order valence-corrected chi connectivity index (χ4v) is 1.42. The highest BCUT2D eigenvalue weighted by molar-refractivity contribution is 5.86. The second-order valence-corrected chi connectivity index (χ2v) is 3.93. The molecule has 0 radical (unpaired) electrons. The molecule has 0 bridgehead atoms. The maximum absolute atomic E-state index is 11.3. The Morgan fingerprint density at radius 1 is 1.29 bits per heavy atom. The molecule has 17 heavy (non-hydrogen) atoms. The summed E-state index contributed by atoms with van der Waals surface area (Å²) in [5.41, 5.74) is 0. The van der Waals surface area contributed by atoms with Crippen molar-refractivity contribution in [3.05, 3.63) is 0 Å². The van der Waals surface area contributed by atoms with Crippen LogP contribution in [0.25, 0.3) is 0 Å². The van der Waals surface area contributed by atoms with Crippen LogP contribution >= 0.6 is 0 Å². The van der Waals surface area contributed by atoms with Crippen molar-refractivity contribution < 1.29 is 19.5 Å². The largest absolute Gasteiger partial charge is 0.480 e. The first kappa shape index (κ1) is 13.3. The van der Waals surface area contributed by atoms with Crippen LogP contribution in [0, 0.1) is 5.92 Å². The third kappa shape index (κ3) is 4.71. The maximum atomic E-state index is 11.3. The number of amides is 3. The van der Waals surface area contributed by atoms with Gasteiger partial charge in [-0.1, -0.05) is 0 Å². The van der Waals surface area contributed by atoms with E-state index in [4.69, 9.17) is 5.11 Å². The molecule has 0 heterocycles. The van der Waals surface area contributed by atoms with Gasteiger partial charge in [-0.15, -0.1) is 0 Å². The molecule has 0 saturated heterocycles. The van der Waals surface area contributed by atoms with Gasteiger partial charge in [-0.25, -0.2) is 9.59 Å². The summed E-state index contributed by atoms with van der Waals surface area (Å²) < 4.78 is 0. The average Bonchev–Trinajstić information content (AvgIpc) is 3.07. The molecule has 0 spiro atoms. The van der Waals surface area contributed by atoms with Gasteiger partial charge < -0.3 is 21.1 Å². The van der Waals surface area contributed by atoms with Crippen molar-refractivity contribution >= 4 is 17.9 Å². The van der Waals surface area contributed by atoms with Gasteiger partial charge in [0.05, 0.1) is 6.54 Å².